The first-order valence-electron chi connectivity index (χ1n) is 7.67. The van der Waals surface area contributed by atoms with Crippen LogP contribution in [0.2, 0.25) is 0 Å². The summed E-state index contributed by atoms with van der Waals surface area (Å²) >= 11 is 0. The van der Waals surface area contributed by atoms with E-state index in [1.54, 1.807) is 13.8 Å². The Morgan fingerprint density at radius 1 is 1.09 bits per heavy atom. The molecule has 0 radical (unpaired) electrons. The van der Waals surface area contributed by atoms with Gasteiger partial charge in [-0.05, 0) is 31.6 Å². The molecule has 1 amide bonds. The molecule has 1 aliphatic carbocycles. The van der Waals surface area contributed by atoms with E-state index in [2.05, 4.69) is 5.32 Å². The number of hydrogen-bond acceptors (Lipinski definition) is 5. The van der Waals surface area contributed by atoms with E-state index in [4.69, 9.17) is 14.6 Å². The number of carboxylic acid groups (broad SMARTS) is 1. The van der Waals surface area contributed by atoms with Gasteiger partial charge in [-0.25, -0.2) is 4.79 Å². The van der Waals surface area contributed by atoms with E-state index >= 15 is 0 Å². The third kappa shape index (κ3) is 8.58. The zero-order chi connectivity index (χ0) is 16.7. The molecule has 0 aromatic rings. The van der Waals surface area contributed by atoms with Gasteiger partial charge in [-0.3, -0.25) is 9.59 Å². The molecular weight excluding hydrogens is 313 g/mol. The fourth-order valence-electron chi connectivity index (χ4n) is 2.36. The topological polar surface area (TPSA) is 102 Å². The molecule has 0 aliphatic heterocycles. The van der Waals surface area contributed by atoms with E-state index in [-0.39, 0.29) is 47.3 Å². The van der Waals surface area contributed by atoms with Gasteiger partial charge < -0.3 is 19.9 Å². The Labute approximate surface area is 158 Å². The van der Waals surface area contributed by atoms with Crippen LogP contribution in [-0.4, -0.2) is 65.5 Å². The third-order valence-electron chi connectivity index (χ3n) is 3.76. The first-order chi connectivity index (χ1) is 10.3. The predicted molar refractivity (Wildman–Crippen MR) is 85.1 cm³/mol. The van der Waals surface area contributed by atoms with Crippen molar-refractivity contribution in [3.63, 3.8) is 0 Å². The van der Waals surface area contributed by atoms with Gasteiger partial charge in [-0.2, -0.15) is 0 Å². The molecule has 0 bridgehead atoms. The fourth-order valence-corrected chi connectivity index (χ4v) is 2.36. The van der Waals surface area contributed by atoms with Gasteiger partial charge in [0.2, 0.25) is 6.29 Å². The van der Waals surface area contributed by atoms with Crippen LogP contribution in [-0.2, 0) is 19.1 Å². The number of carbonyl (C=O) groups is 3. The molecule has 1 saturated carbocycles. The van der Waals surface area contributed by atoms with Crippen molar-refractivity contribution in [2.75, 3.05) is 6.54 Å². The molecule has 1 rings (SSSR count). The molecule has 8 heteroatoms. The van der Waals surface area contributed by atoms with Crippen molar-refractivity contribution in [2.24, 2.45) is 17.8 Å². The maximum atomic E-state index is 11.6. The number of carbonyl (C=O) groups excluding carboxylic acids is 2. The summed E-state index contributed by atoms with van der Waals surface area (Å²) in [5, 5.41) is 11.6. The summed E-state index contributed by atoms with van der Waals surface area (Å²) in [5.41, 5.74) is 0. The van der Waals surface area contributed by atoms with Gasteiger partial charge in [-0.1, -0.05) is 13.8 Å². The number of hydrogen-bond donors (Lipinski definition) is 2. The Morgan fingerprint density at radius 2 is 1.65 bits per heavy atom. The number of alkyl carbamates (subject to hydrolysis) is 1. The minimum absolute atomic E-state index is 0. The molecular formula is C15H26NNaO6. The van der Waals surface area contributed by atoms with Crippen LogP contribution in [0.25, 0.3) is 0 Å². The first-order valence-corrected chi connectivity index (χ1v) is 7.67. The van der Waals surface area contributed by atoms with Crippen molar-refractivity contribution in [1.29, 1.82) is 0 Å². The summed E-state index contributed by atoms with van der Waals surface area (Å²) < 4.78 is 9.86. The number of carboxylic acids is 1. The second kappa shape index (κ2) is 10.9. The average Bonchev–Trinajstić information content (AvgIpc) is 2.45. The van der Waals surface area contributed by atoms with Gasteiger partial charge in [0.05, 0.1) is 11.8 Å². The summed E-state index contributed by atoms with van der Waals surface area (Å²) in [4.78, 5) is 33.8. The monoisotopic (exact) mass is 339 g/mol. The van der Waals surface area contributed by atoms with Crippen LogP contribution in [0.3, 0.4) is 0 Å². The molecule has 1 unspecified atom stereocenters. The molecule has 23 heavy (non-hydrogen) atoms. The molecule has 1 aliphatic rings. The Bertz CT molecular complexity index is 407. The van der Waals surface area contributed by atoms with Crippen molar-refractivity contribution >= 4 is 47.6 Å². The maximum absolute atomic E-state index is 11.6. The van der Waals surface area contributed by atoms with E-state index in [0.717, 1.165) is 12.8 Å². The molecule has 0 heterocycles. The van der Waals surface area contributed by atoms with Crippen LogP contribution < -0.4 is 5.32 Å². The molecule has 7 nitrogen and oxygen atoms in total. The third-order valence-corrected chi connectivity index (χ3v) is 3.76. The van der Waals surface area contributed by atoms with E-state index < -0.39 is 24.3 Å². The summed E-state index contributed by atoms with van der Waals surface area (Å²) in [7, 11) is 0. The Hall–Kier alpha value is -0.790. The quantitative estimate of drug-likeness (QED) is 0.432. The van der Waals surface area contributed by atoms with Crippen molar-refractivity contribution in [3.8, 4) is 0 Å². The van der Waals surface area contributed by atoms with Crippen molar-refractivity contribution < 1.29 is 29.0 Å². The summed E-state index contributed by atoms with van der Waals surface area (Å²) in [6, 6.07) is 0. The number of ether oxygens (including phenoxy) is 2. The van der Waals surface area contributed by atoms with E-state index in [1.807, 2.05) is 0 Å². The Morgan fingerprint density at radius 3 is 2.13 bits per heavy atom. The van der Waals surface area contributed by atoms with Crippen molar-refractivity contribution in [2.45, 2.75) is 52.7 Å². The van der Waals surface area contributed by atoms with Gasteiger partial charge in [0.25, 0.3) is 0 Å². The second-order valence-corrected chi connectivity index (χ2v) is 6.00. The molecule has 0 spiro atoms. The molecule has 0 aromatic carbocycles. The molecule has 1 atom stereocenters. The van der Waals surface area contributed by atoms with Crippen LogP contribution in [0.4, 0.5) is 4.79 Å². The second-order valence-electron chi connectivity index (χ2n) is 6.00. The van der Waals surface area contributed by atoms with Crippen LogP contribution in [0.15, 0.2) is 0 Å². The van der Waals surface area contributed by atoms with E-state index in [0.29, 0.717) is 19.4 Å². The van der Waals surface area contributed by atoms with Gasteiger partial charge in [-0.15, -0.1) is 0 Å². The molecule has 0 saturated heterocycles. The number of nitrogens with one attached hydrogen (secondary N) is 1. The van der Waals surface area contributed by atoms with Crippen LogP contribution >= 0.6 is 0 Å². The zero-order valence-electron chi connectivity index (χ0n) is 13.3. The zero-order valence-corrected chi connectivity index (χ0v) is 13.3. The van der Waals surface area contributed by atoms with Crippen molar-refractivity contribution in [3.05, 3.63) is 0 Å². The number of amides is 1. The number of rotatable bonds is 6. The predicted octanol–water partition coefficient (Wildman–Crippen LogP) is 1.50. The average molecular weight is 339 g/mol. The standard InChI is InChI=1S/C15H25NO6.Na.H/c1-9(2)14(19)21-10(3)22-15(20)16-8-11-4-6-12(7-5-11)13(17)18;;/h9-12H,4-8H2,1-3H3,(H,16,20)(H,17,18);;/t10?,11-,12-;;. The normalized spacial score (nSPS) is 21.7. The molecule has 128 valence electrons. The van der Waals surface area contributed by atoms with Gasteiger partial charge in [0.1, 0.15) is 0 Å². The minimum atomic E-state index is -0.933. The summed E-state index contributed by atoms with van der Waals surface area (Å²) in [6.07, 6.45) is 1.25. The Balaban J connectivity index is 0.00000484. The first kappa shape index (κ1) is 22.2. The summed E-state index contributed by atoms with van der Waals surface area (Å²) in [6.45, 7) is 5.32. The van der Waals surface area contributed by atoms with Gasteiger partial charge >= 0.3 is 47.6 Å². The Kier molecular flexibility index (Phi) is 10.5. The molecule has 2 N–H and O–H groups in total. The summed E-state index contributed by atoms with van der Waals surface area (Å²) in [5.74, 6) is -1.45. The van der Waals surface area contributed by atoms with Gasteiger partial charge in [0, 0.05) is 13.5 Å². The fraction of sp³-hybridized carbons (Fsp3) is 0.800. The SMILES string of the molecule is CC(OC(=O)NC[C@H]1CC[C@H](C(=O)O)CC1)OC(=O)C(C)C.[NaH]. The number of esters is 1. The molecule has 0 aromatic heterocycles. The van der Waals surface area contributed by atoms with E-state index in [9.17, 15) is 14.4 Å². The van der Waals surface area contributed by atoms with Crippen LogP contribution in [0.1, 0.15) is 46.5 Å². The van der Waals surface area contributed by atoms with Crippen LogP contribution in [0.5, 0.6) is 0 Å². The number of aliphatic carboxylic acids is 1. The molecule has 1 fully saturated rings. The van der Waals surface area contributed by atoms with Crippen molar-refractivity contribution in [1.82, 2.24) is 5.32 Å². The van der Waals surface area contributed by atoms with Gasteiger partial charge in [0.15, 0.2) is 0 Å². The van der Waals surface area contributed by atoms with E-state index in [1.165, 1.54) is 6.92 Å². The van der Waals surface area contributed by atoms with Crippen LogP contribution in [0, 0.1) is 17.8 Å².